The zero-order chi connectivity index (χ0) is 35.7. The van der Waals surface area contributed by atoms with Gasteiger partial charge in [0.25, 0.3) is 0 Å². The van der Waals surface area contributed by atoms with E-state index in [4.69, 9.17) is 0 Å². The summed E-state index contributed by atoms with van der Waals surface area (Å²) < 4.78 is 64.0. The predicted octanol–water partition coefficient (Wildman–Crippen LogP) is 14.1. The SMILES string of the molecule is C.C.CC(C)Cc1cc(F)ccc1F.CC(C)Cc1ccc(F)cc1F.Cc1ccc(CC(C)C)cc1.Cc1ccc(CC(C)C)cc1F. The Morgan fingerprint density at radius 2 is 0.857 bits per heavy atom. The van der Waals surface area contributed by atoms with Gasteiger partial charge in [0.15, 0.2) is 0 Å². The van der Waals surface area contributed by atoms with Crippen molar-refractivity contribution in [1.82, 2.24) is 0 Å². The van der Waals surface area contributed by atoms with E-state index in [9.17, 15) is 22.0 Å². The molecule has 0 aliphatic carbocycles. The highest BCUT2D eigenvalue weighted by Crippen LogP contribution is 2.15. The Balaban J connectivity index is 0. The molecule has 5 heteroatoms. The van der Waals surface area contributed by atoms with Gasteiger partial charge in [0.1, 0.15) is 29.1 Å². The number of hydrogen-bond donors (Lipinski definition) is 0. The molecular formula is C44H63F5. The average molecular weight is 687 g/mol. The summed E-state index contributed by atoms with van der Waals surface area (Å²) in [5.41, 5.74) is 5.66. The van der Waals surface area contributed by atoms with Crippen molar-refractivity contribution in [3.8, 4) is 0 Å². The van der Waals surface area contributed by atoms with Crippen LogP contribution in [0.25, 0.3) is 0 Å². The van der Waals surface area contributed by atoms with Gasteiger partial charge in [-0.1, -0.05) is 118 Å². The van der Waals surface area contributed by atoms with E-state index in [0.29, 0.717) is 41.7 Å². The van der Waals surface area contributed by atoms with E-state index >= 15 is 0 Å². The van der Waals surface area contributed by atoms with Crippen molar-refractivity contribution < 1.29 is 22.0 Å². The van der Waals surface area contributed by atoms with E-state index in [2.05, 4.69) is 58.9 Å². The average Bonchev–Trinajstić information content (AvgIpc) is 2.96. The van der Waals surface area contributed by atoms with Crippen LogP contribution in [0.5, 0.6) is 0 Å². The van der Waals surface area contributed by atoms with E-state index in [1.807, 2.05) is 39.8 Å². The number of rotatable bonds is 8. The molecule has 4 rings (SSSR count). The van der Waals surface area contributed by atoms with Crippen LogP contribution in [-0.4, -0.2) is 0 Å². The van der Waals surface area contributed by atoms with Crippen LogP contribution in [0, 0.1) is 66.6 Å². The smallest absolute Gasteiger partial charge is 0.129 e. The van der Waals surface area contributed by atoms with Crippen LogP contribution in [0.2, 0.25) is 0 Å². The predicted molar refractivity (Wildman–Crippen MR) is 203 cm³/mol. The van der Waals surface area contributed by atoms with Crippen LogP contribution < -0.4 is 0 Å². The summed E-state index contributed by atoms with van der Waals surface area (Å²) in [6, 6.07) is 21.6. The van der Waals surface area contributed by atoms with E-state index in [1.54, 1.807) is 13.0 Å². The van der Waals surface area contributed by atoms with Gasteiger partial charge in [-0.15, -0.1) is 0 Å². The second-order valence-electron chi connectivity index (χ2n) is 13.9. The maximum absolute atomic E-state index is 13.0. The largest absolute Gasteiger partial charge is 0.207 e. The summed E-state index contributed by atoms with van der Waals surface area (Å²) >= 11 is 0. The molecular weight excluding hydrogens is 623 g/mol. The van der Waals surface area contributed by atoms with Crippen LogP contribution in [-0.2, 0) is 25.7 Å². The van der Waals surface area contributed by atoms with Gasteiger partial charge in [-0.25, -0.2) is 22.0 Å². The third kappa shape index (κ3) is 21.3. The third-order valence-corrected chi connectivity index (χ3v) is 6.92. The van der Waals surface area contributed by atoms with Crippen molar-refractivity contribution >= 4 is 0 Å². The van der Waals surface area contributed by atoms with E-state index < -0.39 is 11.6 Å². The third-order valence-electron chi connectivity index (χ3n) is 6.92. The fourth-order valence-corrected chi connectivity index (χ4v) is 4.70. The minimum atomic E-state index is -0.514. The lowest BCUT2D eigenvalue weighted by atomic mass is 10.0. The first-order chi connectivity index (χ1) is 22.0. The minimum absolute atomic E-state index is 0. The molecule has 4 aromatic carbocycles. The van der Waals surface area contributed by atoms with Crippen LogP contribution in [0.15, 0.2) is 78.9 Å². The van der Waals surface area contributed by atoms with Crippen molar-refractivity contribution in [1.29, 1.82) is 0 Å². The molecule has 4 aromatic rings. The first-order valence-electron chi connectivity index (χ1n) is 16.6. The molecule has 49 heavy (non-hydrogen) atoms. The van der Waals surface area contributed by atoms with Crippen molar-refractivity contribution in [3.05, 3.63) is 141 Å². The second kappa shape index (κ2) is 24.6. The zero-order valence-electron chi connectivity index (χ0n) is 30.0. The Labute approximate surface area is 296 Å². The quantitative estimate of drug-likeness (QED) is 0.162. The van der Waals surface area contributed by atoms with E-state index in [-0.39, 0.29) is 32.3 Å². The van der Waals surface area contributed by atoms with Gasteiger partial charge in [-0.3, -0.25) is 0 Å². The highest BCUT2D eigenvalue weighted by molar-refractivity contribution is 5.24. The molecule has 0 saturated heterocycles. The van der Waals surface area contributed by atoms with Gasteiger partial charge in [0, 0.05) is 6.07 Å². The monoisotopic (exact) mass is 686 g/mol. The lowest BCUT2D eigenvalue weighted by molar-refractivity contribution is 0.552. The van der Waals surface area contributed by atoms with Gasteiger partial charge in [0.05, 0.1) is 0 Å². The van der Waals surface area contributed by atoms with Crippen molar-refractivity contribution in [2.45, 2.75) is 110 Å². The van der Waals surface area contributed by atoms with Crippen molar-refractivity contribution in [2.75, 3.05) is 0 Å². The summed E-state index contributed by atoms with van der Waals surface area (Å²) in [5.74, 6) is 0.366. The molecule has 0 saturated carbocycles. The Hall–Kier alpha value is -3.47. The van der Waals surface area contributed by atoms with E-state index in [0.717, 1.165) is 35.6 Å². The summed E-state index contributed by atoms with van der Waals surface area (Å²) in [4.78, 5) is 0. The molecule has 0 nitrogen and oxygen atoms in total. The molecule has 0 fully saturated rings. The van der Waals surface area contributed by atoms with Crippen LogP contribution >= 0.6 is 0 Å². The lowest BCUT2D eigenvalue weighted by Gasteiger charge is -2.05. The minimum Gasteiger partial charge on any atom is -0.207 e. The van der Waals surface area contributed by atoms with Gasteiger partial charge < -0.3 is 0 Å². The molecule has 274 valence electrons. The Bertz CT molecular complexity index is 1450. The van der Waals surface area contributed by atoms with Gasteiger partial charge >= 0.3 is 0 Å². The molecule has 0 N–H and O–H groups in total. The maximum atomic E-state index is 13.0. The topological polar surface area (TPSA) is 0 Å². The number of hydrogen-bond acceptors (Lipinski definition) is 0. The first kappa shape index (κ1) is 47.6. The van der Waals surface area contributed by atoms with Crippen LogP contribution in [0.3, 0.4) is 0 Å². The van der Waals surface area contributed by atoms with Crippen molar-refractivity contribution in [2.24, 2.45) is 23.7 Å². The normalized spacial score (nSPS) is 10.3. The van der Waals surface area contributed by atoms with Gasteiger partial charge in [-0.2, -0.15) is 0 Å². The summed E-state index contributed by atoms with van der Waals surface area (Å²) in [6.07, 6.45) is 3.40. The molecule has 0 heterocycles. The number of halogens is 5. The molecule has 0 aliphatic rings. The van der Waals surface area contributed by atoms with Gasteiger partial charge in [-0.05, 0) is 121 Å². The van der Waals surface area contributed by atoms with E-state index in [1.165, 1.54) is 41.8 Å². The standard InChI is InChI=1S/C11H15F.C11H16.2C10H12F2.2CH4/c1-8(2)6-10-5-4-9(3)11(12)7-10;1-9(2)8-11-6-4-10(3)5-7-11;1-7(2)5-8-6-9(11)3-4-10(8)12;1-7(2)5-8-3-4-9(11)6-10(8)12;;/h4-5,7-8H,6H2,1-3H3;4-7,9H,8H2,1-3H3;2*3-4,6-7H,5H2,1-2H3;2*1H4. The first-order valence-corrected chi connectivity index (χ1v) is 16.6. The summed E-state index contributed by atoms with van der Waals surface area (Å²) in [5, 5.41) is 0. The summed E-state index contributed by atoms with van der Waals surface area (Å²) in [7, 11) is 0. The highest BCUT2D eigenvalue weighted by Gasteiger charge is 2.06. The molecule has 0 aromatic heterocycles. The van der Waals surface area contributed by atoms with Crippen LogP contribution in [0.1, 0.15) is 104 Å². The van der Waals surface area contributed by atoms with Gasteiger partial charge in [0.2, 0.25) is 0 Å². The van der Waals surface area contributed by atoms with Crippen molar-refractivity contribution in [3.63, 3.8) is 0 Å². The van der Waals surface area contributed by atoms with Crippen LogP contribution in [0.4, 0.5) is 22.0 Å². The fourth-order valence-electron chi connectivity index (χ4n) is 4.70. The Morgan fingerprint density at radius 3 is 1.35 bits per heavy atom. The molecule has 0 unspecified atom stereocenters. The molecule has 0 aliphatic heterocycles. The second-order valence-corrected chi connectivity index (χ2v) is 13.9. The summed E-state index contributed by atoms with van der Waals surface area (Å²) in [6.45, 7) is 20.6. The molecule has 0 spiro atoms. The molecule has 0 amide bonds. The zero-order valence-corrected chi connectivity index (χ0v) is 30.0. The molecule has 0 radical (unpaired) electrons. The molecule has 0 atom stereocenters. The molecule has 0 bridgehead atoms. The maximum Gasteiger partial charge on any atom is 0.129 e. The number of benzene rings is 4. The Morgan fingerprint density at radius 1 is 0.408 bits per heavy atom. The Kier molecular flexibility index (Phi) is 23.9. The number of aryl methyl sites for hydroxylation is 2. The lowest BCUT2D eigenvalue weighted by Crippen LogP contribution is -1.97. The highest BCUT2D eigenvalue weighted by atomic mass is 19.1. The fraction of sp³-hybridized carbons (Fsp3) is 0.455.